The van der Waals surface area contributed by atoms with Crippen molar-refractivity contribution in [3.8, 4) is 0 Å². The Hall–Kier alpha value is -0.530. The highest BCUT2D eigenvalue weighted by molar-refractivity contribution is 5.28. The van der Waals surface area contributed by atoms with Crippen LogP contribution in [0.4, 0.5) is 0 Å². The minimum atomic E-state index is 0. The average Bonchev–Trinajstić information content (AvgIpc) is 2.84. The first kappa shape index (κ1) is 15.9. The summed E-state index contributed by atoms with van der Waals surface area (Å²) in [6.45, 7) is 7.57. The Balaban J connectivity index is 0.00000147. The van der Waals surface area contributed by atoms with E-state index in [-0.39, 0.29) is 12.4 Å². The van der Waals surface area contributed by atoms with Crippen LogP contribution >= 0.6 is 0 Å². The van der Waals surface area contributed by atoms with E-state index in [1.165, 1.54) is 45.2 Å². The molecule has 1 aromatic rings. The van der Waals surface area contributed by atoms with Gasteiger partial charge in [0.15, 0.2) is 0 Å². The van der Waals surface area contributed by atoms with Crippen LogP contribution in [0.1, 0.15) is 51.5 Å². The fourth-order valence-electron chi connectivity index (χ4n) is 4.86. The molecule has 1 saturated carbocycles. The van der Waals surface area contributed by atoms with Gasteiger partial charge in [-0.3, -0.25) is 0 Å². The second kappa shape index (κ2) is 6.49. The van der Waals surface area contributed by atoms with E-state index in [2.05, 4.69) is 44.2 Å². The van der Waals surface area contributed by atoms with Crippen molar-refractivity contribution in [2.24, 2.45) is 5.92 Å². The third kappa shape index (κ3) is 2.63. The molecule has 4 unspecified atom stereocenters. The maximum atomic E-state index is 2.48. The topological polar surface area (TPSA) is 4.44 Å². The predicted octanol–water partition coefficient (Wildman–Crippen LogP) is -0.184. The molecule has 0 radical (unpaired) electrons. The zero-order chi connectivity index (χ0) is 13.3. The maximum absolute atomic E-state index is 2.48. The van der Waals surface area contributed by atoms with Crippen LogP contribution < -0.4 is 17.3 Å². The Labute approximate surface area is 130 Å². The largest absolute Gasteiger partial charge is 1.00 e. The van der Waals surface area contributed by atoms with E-state index >= 15 is 0 Å². The van der Waals surface area contributed by atoms with E-state index in [1.54, 1.807) is 5.56 Å². The van der Waals surface area contributed by atoms with Gasteiger partial charge in [-0.1, -0.05) is 43.7 Å². The van der Waals surface area contributed by atoms with Crippen molar-refractivity contribution in [2.75, 3.05) is 13.1 Å². The summed E-state index contributed by atoms with van der Waals surface area (Å²) in [6.07, 6.45) is 7.04. The Morgan fingerprint density at radius 2 is 2.00 bits per heavy atom. The van der Waals surface area contributed by atoms with Gasteiger partial charge in [-0.05, 0) is 31.7 Å². The summed E-state index contributed by atoms with van der Waals surface area (Å²) in [6, 6.07) is 12.2. The van der Waals surface area contributed by atoms with Gasteiger partial charge in [0, 0.05) is 17.8 Å². The molecule has 3 rings (SSSR count). The van der Waals surface area contributed by atoms with Crippen molar-refractivity contribution in [2.45, 2.75) is 57.4 Å². The van der Waals surface area contributed by atoms with E-state index in [1.807, 2.05) is 4.90 Å². The smallest absolute Gasteiger partial charge is 0.0855 e. The minimum absolute atomic E-state index is 0. The van der Waals surface area contributed by atoms with Gasteiger partial charge in [-0.15, -0.1) is 0 Å². The second-order valence-electron chi connectivity index (χ2n) is 6.83. The third-order valence-corrected chi connectivity index (χ3v) is 5.75. The van der Waals surface area contributed by atoms with Crippen molar-refractivity contribution in [3.05, 3.63) is 35.9 Å². The highest BCUT2D eigenvalue weighted by Crippen LogP contribution is 2.49. The highest BCUT2D eigenvalue weighted by Gasteiger charge is 2.51. The lowest BCUT2D eigenvalue weighted by atomic mass is 9.66. The molecule has 0 spiro atoms. The Kier molecular flexibility index (Phi) is 5.14. The Morgan fingerprint density at radius 3 is 2.70 bits per heavy atom. The van der Waals surface area contributed by atoms with Crippen LogP contribution in [0.25, 0.3) is 0 Å². The number of hydrogen-bond acceptors (Lipinski definition) is 0. The number of hydrogen-bond donors (Lipinski definition) is 1. The standard InChI is InChI=1S/C18H27N.ClH/c1-3-12-19-14-17-10-7-11-18(17,13-15(19)2)16-8-5-4-6-9-16;/h4-6,8-9,15,17H,3,7,10-14H2,1-2H3;1H. The van der Waals surface area contributed by atoms with Gasteiger partial charge < -0.3 is 17.3 Å². The first-order valence-corrected chi connectivity index (χ1v) is 8.16. The summed E-state index contributed by atoms with van der Waals surface area (Å²) in [7, 11) is 0. The minimum Gasteiger partial charge on any atom is -1.00 e. The molecular weight excluding hydrogens is 266 g/mol. The second-order valence-corrected chi connectivity index (χ2v) is 6.83. The van der Waals surface area contributed by atoms with Crippen LogP contribution in [0.5, 0.6) is 0 Å². The van der Waals surface area contributed by atoms with Crippen molar-refractivity contribution < 1.29 is 17.3 Å². The van der Waals surface area contributed by atoms with Crippen LogP contribution in [0.3, 0.4) is 0 Å². The lowest BCUT2D eigenvalue weighted by Gasteiger charge is -2.46. The lowest BCUT2D eigenvalue weighted by molar-refractivity contribution is -0.934. The van der Waals surface area contributed by atoms with Crippen molar-refractivity contribution in [1.29, 1.82) is 0 Å². The predicted molar refractivity (Wildman–Crippen MR) is 80.5 cm³/mol. The molecule has 4 atom stereocenters. The molecule has 1 saturated heterocycles. The van der Waals surface area contributed by atoms with Crippen LogP contribution in [0, 0.1) is 5.92 Å². The quantitative estimate of drug-likeness (QED) is 0.788. The van der Waals surface area contributed by atoms with Crippen LogP contribution in [-0.4, -0.2) is 19.1 Å². The molecule has 20 heavy (non-hydrogen) atoms. The van der Waals surface area contributed by atoms with Crippen LogP contribution in [0.15, 0.2) is 30.3 Å². The number of likely N-dealkylation sites (tertiary alicyclic amines) is 1. The molecule has 1 nitrogen and oxygen atoms in total. The zero-order valence-corrected chi connectivity index (χ0v) is 13.6. The van der Waals surface area contributed by atoms with Gasteiger partial charge in [0.05, 0.1) is 19.1 Å². The molecule has 2 aliphatic rings. The monoisotopic (exact) mass is 293 g/mol. The van der Waals surface area contributed by atoms with Gasteiger partial charge in [-0.2, -0.15) is 0 Å². The van der Waals surface area contributed by atoms with Gasteiger partial charge >= 0.3 is 0 Å². The van der Waals surface area contributed by atoms with Gasteiger partial charge in [-0.25, -0.2) is 0 Å². The van der Waals surface area contributed by atoms with E-state index in [0.29, 0.717) is 5.41 Å². The molecule has 1 heterocycles. The van der Waals surface area contributed by atoms with E-state index in [0.717, 1.165) is 12.0 Å². The highest BCUT2D eigenvalue weighted by atomic mass is 35.5. The van der Waals surface area contributed by atoms with Crippen molar-refractivity contribution in [1.82, 2.24) is 0 Å². The molecule has 2 fully saturated rings. The third-order valence-electron chi connectivity index (χ3n) is 5.75. The van der Waals surface area contributed by atoms with Crippen LogP contribution in [-0.2, 0) is 5.41 Å². The zero-order valence-electron chi connectivity index (χ0n) is 12.9. The molecule has 1 aliphatic heterocycles. The number of halogens is 1. The van der Waals surface area contributed by atoms with Crippen LogP contribution in [0.2, 0.25) is 0 Å². The van der Waals surface area contributed by atoms with Crippen molar-refractivity contribution in [3.63, 3.8) is 0 Å². The van der Waals surface area contributed by atoms with E-state index < -0.39 is 0 Å². The number of rotatable bonds is 3. The first-order chi connectivity index (χ1) is 9.26. The molecule has 0 aromatic heterocycles. The molecule has 0 bridgehead atoms. The molecule has 2 heteroatoms. The maximum Gasteiger partial charge on any atom is 0.0855 e. The van der Waals surface area contributed by atoms with E-state index in [9.17, 15) is 0 Å². The van der Waals surface area contributed by atoms with Gasteiger partial charge in [0.25, 0.3) is 0 Å². The van der Waals surface area contributed by atoms with E-state index in [4.69, 9.17) is 0 Å². The fraction of sp³-hybridized carbons (Fsp3) is 0.667. The first-order valence-electron chi connectivity index (χ1n) is 8.16. The summed E-state index contributed by atoms with van der Waals surface area (Å²) in [4.78, 5) is 1.86. The number of quaternary nitrogens is 1. The molecule has 0 amide bonds. The molecule has 112 valence electrons. The molecule has 1 aliphatic carbocycles. The number of piperidine rings is 1. The fourth-order valence-corrected chi connectivity index (χ4v) is 4.86. The number of benzene rings is 1. The summed E-state index contributed by atoms with van der Waals surface area (Å²) in [5.41, 5.74) is 2.14. The summed E-state index contributed by atoms with van der Waals surface area (Å²) >= 11 is 0. The molecule has 1 aromatic carbocycles. The van der Waals surface area contributed by atoms with Gasteiger partial charge in [0.1, 0.15) is 0 Å². The Morgan fingerprint density at radius 1 is 1.25 bits per heavy atom. The lowest BCUT2D eigenvalue weighted by Crippen LogP contribution is -3.17. The summed E-state index contributed by atoms with van der Waals surface area (Å²) in [5.74, 6) is 0.924. The SMILES string of the molecule is CCC[NH+]1CC2CCCC2(c2ccccc2)CC1C.[Cl-]. The summed E-state index contributed by atoms with van der Waals surface area (Å²) in [5, 5.41) is 0. The average molecular weight is 294 g/mol. The van der Waals surface area contributed by atoms with Crippen molar-refractivity contribution >= 4 is 0 Å². The summed E-state index contributed by atoms with van der Waals surface area (Å²) < 4.78 is 0. The number of fused-ring (bicyclic) bond motifs is 1. The normalized spacial score (nSPS) is 36.2. The molecular formula is C18H28ClN. The van der Waals surface area contributed by atoms with Gasteiger partial charge in [0.2, 0.25) is 0 Å². The number of nitrogens with one attached hydrogen (secondary N) is 1. The Bertz CT molecular complexity index is 419. The molecule has 1 N–H and O–H groups in total.